The molecule has 1 aromatic rings. The van der Waals surface area contributed by atoms with Crippen molar-refractivity contribution in [3.05, 3.63) is 17.7 Å². The van der Waals surface area contributed by atoms with E-state index in [9.17, 15) is 9.59 Å². The summed E-state index contributed by atoms with van der Waals surface area (Å²) in [5, 5.41) is 0. The number of carbonyl (C=O) groups is 2. The van der Waals surface area contributed by atoms with Gasteiger partial charge in [-0.25, -0.2) is 9.78 Å². The second-order valence-corrected chi connectivity index (χ2v) is 2.20. The van der Waals surface area contributed by atoms with Crippen LogP contribution in [0.1, 0.15) is 21.0 Å². The van der Waals surface area contributed by atoms with Gasteiger partial charge >= 0.3 is 5.97 Å². The fraction of sp³-hybridized carbons (Fsp3) is 0.286. The number of carbonyl (C=O) groups excluding carboxylic acids is 2. The Morgan fingerprint density at radius 3 is 2.92 bits per heavy atom. The van der Waals surface area contributed by atoms with Gasteiger partial charge in [0.2, 0.25) is 0 Å². The van der Waals surface area contributed by atoms with E-state index in [-0.39, 0.29) is 11.4 Å². The molecule has 5 nitrogen and oxygen atoms in total. The van der Waals surface area contributed by atoms with Crippen molar-refractivity contribution in [2.24, 2.45) is 7.05 Å². The third-order valence-electron chi connectivity index (χ3n) is 1.47. The van der Waals surface area contributed by atoms with Crippen molar-refractivity contribution in [2.75, 3.05) is 7.11 Å². The molecule has 0 aliphatic carbocycles. The molecule has 0 spiro atoms. The Morgan fingerprint density at radius 2 is 2.42 bits per heavy atom. The first kappa shape index (κ1) is 8.45. The molecule has 1 rings (SSSR count). The first-order chi connectivity index (χ1) is 5.70. The number of hydrogen-bond donors (Lipinski definition) is 0. The van der Waals surface area contributed by atoms with E-state index in [0.29, 0.717) is 6.29 Å². The van der Waals surface area contributed by atoms with Crippen molar-refractivity contribution in [3.63, 3.8) is 0 Å². The first-order valence-corrected chi connectivity index (χ1v) is 3.25. The number of nitrogens with zero attached hydrogens (tertiary/aromatic N) is 2. The molecular formula is C7H8N2O3. The van der Waals surface area contributed by atoms with Crippen LogP contribution in [0.2, 0.25) is 0 Å². The molecule has 64 valence electrons. The Kier molecular flexibility index (Phi) is 2.23. The highest BCUT2D eigenvalue weighted by Gasteiger charge is 2.15. The van der Waals surface area contributed by atoms with Crippen molar-refractivity contribution in [2.45, 2.75) is 0 Å². The standard InChI is InChI=1S/C7H8N2O3/c1-9-4-8-6(5(9)3-10)7(11)12-2/h3-4H,1-2H3. The van der Waals surface area contributed by atoms with E-state index in [0.717, 1.165) is 0 Å². The van der Waals surface area contributed by atoms with Crippen molar-refractivity contribution < 1.29 is 14.3 Å². The van der Waals surface area contributed by atoms with Crippen molar-refractivity contribution in [1.29, 1.82) is 0 Å². The number of aryl methyl sites for hydroxylation is 1. The largest absolute Gasteiger partial charge is 0.464 e. The average Bonchev–Trinajstić information content (AvgIpc) is 2.45. The summed E-state index contributed by atoms with van der Waals surface area (Å²) in [5.74, 6) is -0.599. The van der Waals surface area contributed by atoms with Crippen LogP contribution in [-0.4, -0.2) is 28.9 Å². The quantitative estimate of drug-likeness (QED) is 0.461. The van der Waals surface area contributed by atoms with Gasteiger partial charge in [-0.15, -0.1) is 0 Å². The van der Waals surface area contributed by atoms with Crippen LogP contribution >= 0.6 is 0 Å². The highest BCUT2D eigenvalue weighted by molar-refractivity contribution is 5.95. The zero-order chi connectivity index (χ0) is 9.14. The molecule has 0 fully saturated rings. The molecular weight excluding hydrogens is 160 g/mol. The predicted octanol–water partition coefficient (Wildman–Crippen LogP) is 0.0192. The van der Waals surface area contributed by atoms with Gasteiger partial charge in [0.05, 0.1) is 13.4 Å². The lowest BCUT2D eigenvalue weighted by Crippen LogP contribution is -2.06. The molecule has 1 aromatic heterocycles. The van der Waals surface area contributed by atoms with Crippen molar-refractivity contribution in [3.8, 4) is 0 Å². The highest BCUT2D eigenvalue weighted by atomic mass is 16.5. The first-order valence-electron chi connectivity index (χ1n) is 3.25. The zero-order valence-corrected chi connectivity index (χ0v) is 6.77. The number of esters is 1. The van der Waals surface area contributed by atoms with Gasteiger partial charge in [0.25, 0.3) is 0 Å². The molecule has 0 unspecified atom stereocenters. The summed E-state index contributed by atoms with van der Waals surface area (Å²) in [6, 6.07) is 0. The summed E-state index contributed by atoms with van der Waals surface area (Å²) in [4.78, 5) is 25.1. The van der Waals surface area contributed by atoms with Crippen LogP contribution in [0.3, 0.4) is 0 Å². The van der Waals surface area contributed by atoms with Crippen LogP contribution in [0.5, 0.6) is 0 Å². The van der Waals surface area contributed by atoms with Crippen LogP contribution in [-0.2, 0) is 11.8 Å². The molecule has 0 saturated carbocycles. The maximum absolute atomic E-state index is 10.9. The molecule has 0 N–H and O–H groups in total. The van der Waals surface area contributed by atoms with Crippen LogP contribution in [0.25, 0.3) is 0 Å². The summed E-state index contributed by atoms with van der Waals surface area (Å²) < 4.78 is 5.88. The number of hydrogen-bond acceptors (Lipinski definition) is 4. The Bertz CT molecular complexity index is 316. The van der Waals surface area contributed by atoms with Gasteiger partial charge in [-0.05, 0) is 0 Å². The minimum absolute atomic E-state index is 0.0509. The summed E-state index contributed by atoms with van der Waals surface area (Å²) in [5.41, 5.74) is 0.275. The second-order valence-electron chi connectivity index (χ2n) is 2.20. The third-order valence-corrected chi connectivity index (χ3v) is 1.47. The number of methoxy groups -OCH3 is 1. The lowest BCUT2D eigenvalue weighted by atomic mass is 10.3. The third kappa shape index (κ3) is 1.20. The van der Waals surface area contributed by atoms with Gasteiger partial charge in [0.1, 0.15) is 5.69 Å². The molecule has 12 heavy (non-hydrogen) atoms. The Balaban J connectivity index is 3.15. The number of aldehydes is 1. The van der Waals surface area contributed by atoms with Crippen molar-refractivity contribution in [1.82, 2.24) is 9.55 Å². The second kappa shape index (κ2) is 3.17. The van der Waals surface area contributed by atoms with Crippen LogP contribution < -0.4 is 0 Å². The highest BCUT2D eigenvalue weighted by Crippen LogP contribution is 2.03. The predicted molar refractivity (Wildman–Crippen MR) is 39.9 cm³/mol. The fourth-order valence-corrected chi connectivity index (χ4v) is 0.833. The molecule has 0 atom stereocenters. The number of imidazole rings is 1. The van der Waals surface area contributed by atoms with Gasteiger partial charge < -0.3 is 9.30 Å². The number of ether oxygens (including phenoxy) is 1. The Labute approximate surface area is 69.0 Å². The molecule has 0 saturated heterocycles. The maximum Gasteiger partial charge on any atom is 0.359 e. The average molecular weight is 168 g/mol. The molecule has 0 radical (unpaired) electrons. The fourth-order valence-electron chi connectivity index (χ4n) is 0.833. The zero-order valence-electron chi connectivity index (χ0n) is 6.77. The molecule has 0 aliphatic heterocycles. The normalized spacial score (nSPS) is 9.50. The monoisotopic (exact) mass is 168 g/mol. The van der Waals surface area contributed by atoms with E-state index in [1.807, 2.05) is 0 Å². The summed E-state index contributed by atoms with van der Waals surface area (Å²) in [7, 11) is 2.87. The van der Waals surface area contributed by atoms with Crippen LogP contribution in [0, 0.1) is 0 Å². The summed E-state index contributed by atoms with van der Waals surface area (Å²) >= 11 is 0. The molecule has 0 aliphatic rings. The van der Waals surface area contributed by atoms with E-state index in [1.54, 1.807) is 7.05 Å². The summed E-state index contributed by atoms with van der Waals surface area (Å²) in [6.45, 7) is 0. The minimum Gasteiger partial charge on any atom is -0.464 e. The Hall–Kier alpha value is -1.65. The van der Waals surface area contributed by atoms with Gasteiger partial charge in [-0.3, -0.25) is 4.79 Å². The van der Waals surface area contributed by atoms with E-state index in [2.05, 4.69) is 9.72 Å². The van der Waals surface area contributed by atoms with Crippen LogP contribution in [0.15, 0.2) is 6.33 Å². The smallest absolute Gasteiger partial charge is 0.359 e. The molecule has 0 amide bonds. The molecule has 0 aromatic carbocycles. The van der Waals surface area contributed by atoms with E-state index in [4.69, 9.17) is 0 Å². The topological polar surface area (TPSA) is 61.2 Å². The van der Waals surface area contributed by atoms with Gasteiger partial charge in [0.15, 0.2) is 12.0 Å². The van der Waals surface area contributed by atoms with E-state index < -0.39 is 5.97 Å². The number of aromatic nitrogens is 2. The van der Waals surface area contributed by atoms with Crippen LogP contribution in [0.4, 0.5) is 0 Å². The lowest BCUT2D eigenvalue weighted by molar-refractivity contribution is 0.0592. The lowest BCUT2D eigenvalue weighted by Gasteiger charge is -1.95. The number of rotatable bonds is 2. The van der Waals surface area contributed by atoms with Gasteiger partial charge in [-0.1, -0.05) is 0 Å². The SMILES string of the molecule is COC(=O)c1ncn(C)c1C=O. The van der Waals surface area contributed by atoms with E-state index in [1.165, 1.54) is 18.0 Å². The Morgan fingerprint density at radius 1 is 1.75 bits per heavy atom. The van der Waals surface area contributed by atoms with E-state index >= 15 is 0 Å². The summed E-state index contributed by atoms with van der Waals surface area (Å²) in [6.07, 6.45) is 1.95. The maximum atomic E-state index is 10.9. The molecule has 0 bridgehead atoms. The minimum atomic E-state index is -0.599. The van der Waals surface area contributed by atoms with Gasteiger partial charge in [0, 0.05) is 7.05 Å². The molecule has 1 heterocycles. The molecule has 5 heteroatoms. The van der Waals surface area contributed by atoms with Gasteiger partial charge in [-0.2, -0.15) is 0 Å². The van der Waals surface area contributed by atoms with Crippen molar-refractivity contribution >= 4 is 12.3 Å².